The Balaban J connectivity index is 1.66. The first-order valence-electron chi connectivity index (χ1n) is 9.04. The second-order valence-corrected chi connectivity index (χ2v) is 6.86. The molecule has 0 aliphatic carbocycles. The van der Waals surface area contributed by atoms with Gasteiger partial charge in [0.25, 0.3) is 0 Å². The summed E-state index contributed by atoms with van der Waals surface area (Å²) in [6.07, 6.45) is 3.14. The smallest absolute Gasteiger partial charge is 0.0526 e. The van der Waals surface area contributed by atoms with Crippen molar-refractivity contribution >= 4 is 5.71 Å². The summed E-state index contributed by atoms with van der Waals surface area (Å²) in [6.45, 7) is 0.837. The molecule has 0 aromatic heterocycles. The Labute approximate surface area is 150 Å². The summed E-state index contributed by atoms with van der Waals surface area (Å²) in [5.74, 6) is 0. The summed E-state index contributed by atoms with van der Waals surface area (Å²) in [7, 11) is 0. The zero-order valence-electron chi connectivity index (χ0n) is 14.4. The molecule has 4 rings (SSSR count). The van der Waals surface area contributed by atoms with E-state index in [1.165, 1.54) is 22.4 Å². The van der Waals surface area contributed by atoms with Gasteiger partial charge in [-0.25, -0.2) is 0 Å². The van der Waals surface area contributed by atoms with E-state index in [1.807, 2.05) is 0 Å². The Hall–Kier alpha value is -2.67. The van der Waals surface area contributed by atoms with Crippen molar-refractivity contribution in [3.05, 3.63) is 108 Å². The van der Waals surface area contributed by atoms with Gasteiger partial charge in [-0.05, 0) is 29.5 Å². The van der Waals surface area contributed by atoms with E-state index >= 15 is 0 Å². The lowest BCUT2D eigenvalue weighted by Crippen LogP contribution is -2.36. The Morgan fingerprint density at radius 2 is 1.20 bits per heavy atom. The van der Waals surface area contributed by atoms with Crippen LogP contribution in [0.3, 0.4) is 0 Å². The molecule has 0 unspecified atom stereocenters. The van der Waals surface area contributed by atoms with Gasteiger partial charge in [0.2, 0.25) is 0 Å². The van der Waals surface area contributed by atoms with Crippen LogP contribution in [0.2, 0.25) is 0 Å². The molecule has 1 aliphatic heterocycles. The van der Waals surface area contributed by atoms with Gasteiger partial charge in [-0.2, -0.15) is 0 Å². The summed E-state index contributed by atoms with van der Waals surface area (Å²) < 4.78 is 0. The van der Waals surface area contributed by atoms with Crippen LogP contribution in [-0.2, 0) is 11.8 Å². The normalized spacial score (nSPS) is 16.2. The highest BCUT2D eigenvalue weighted by Gasteiger charge is 2.36. The summed E-state index contributed by atoms with van der Waals surface area (Å²) in [6, 6.07) is 32.4. The van der Waals surface area contributed by atoms with Gasteiger partial charge in [0, 0.05) is 17.5 Å². The van der Waals surface area contributed by atoms with E-state index in [4.69, 9.17) is 4.99 Å². The SMILES string of the molecule is c1ccc(CC2=NCC(c3ccccc3)(c3ccccc3)CC2)cc1. The van der Waals surface area contributed by atoms with Gasteiger partial charge >= 0.3 is 0 Å². The highest BCUT2D eigenvalue weighted by molar-refractivity contribution is 5.87. The maximum Gasteiger partial charge on any atom is 0.0526 e. The van der Waals surface area contributed by atoms with Gasteiger partial charge < -0.3 is 0 Å². The highest BCUT2D eigenvalue weighted by atomic mass is 14.8. The van der Waals surface area contributed by atoms with E-state index in [0.717, 1.165) is 25.8 Å². The molecule has 1 heteroatoms. The molecule has 124 valence electrons. The zero-order chi connectivity index (χ0) is 17.0. The molecule has 1 heterocycles. The van der Waals surface area contributed by atoms with Crippen LogP contribution in [0.4, 0.5) is 0 Å². The number of rotatable bonds is 4. The van der Waals surface area contributed by atoms with E-state index in [9.17, 15) is 0 Å². The largest absolute Gasteiger partial charge is 0.292 e. The maximum absolute atomic E-state index is 5.05. The molecule has 0 atom stereocenters. The van der Waals surface area contributed by atoms with E-state index in [-0.39, 0.29) is 5.41 Å². The molecule has 3 aromatic carbocycles. The molecule has 0 fully saturated rings. The van der Waals surface area contributed by atoms with Crippen molar-refractivity contribution in [2.45, 2.75) is 24.7 Å². The molecule has 25 heavy (non-hydrogen) atoms. The van der Waals surface area contributed by atoms with E-state index in [0.29, 0.717) is 0 Å². The van der Waals surface area contributed by atoms with Crippen molar-refractivity contribution in [1.82, 2.24) is 0 Å². The second kappa shape index (κ2) is 7.06. The van der Waals surface area contributed by atoms with Crippen LogP contribution in [0.25, 0.3) is 0 Å². The molecule has 0 bridgehead atoms. The highest BCUT2D eigenvalue weighted by Crippen LogP contribution is 2.39. The third-order valence-corrected chi connectivity index (χ3v) is 5.32. The minimum atomic E-state index is 0.00269. The molecule has 0 spiro atoms. The van der Waals surface area contributed by atoms with Crippen molar-refractivity contribution in [3.8, 4) is 0 Å². The summed E-state index contributed by atoms with van der Waals surface area (Å²) >= 11 is 0. The zero-order valence-corrected chi connectivity index (χ0v) is 14.4. The lowest BCUT2D eigenvalue weighted by atomic mass is 9.69. The fraction of sp³-hybridized carbons (Fsp3) is 0.208. The molecule has 1 aliphatic rings. The second-order valence-electron chi connectivity index (χ2n) is 6.86. The van der Waals surface area contributed by atoms with Crippen LogP contribution in [0.1, 0.15) is 29.5 Å². The van der Waals surface area contributed by atoms with Crippen LogP contribution in [0, 0.1) is 0 Å². The number of hydrogen-bond donors (Lipinski definition) is 0. The van der Waals surface area contributed by atoms with Crippen LogP contribution >= 0.6 is 0 Å². The first kappa shape index (κ1) is 15.8. The van der Waals surface area contributed by atoms with E-state index in [2.05, 4.69) is 91.0 Å². The van der Waals surface area contributed by atoms with Crippen LogP contribution in [0.15, 0.2) is 96.0 Å². The van der Waals surface area contributed by atoms with Crippen molar-refractivity contribution in [2.75, 3.05) is 6.54 Å². The van der Waals surface area contributed by atoms with Gasteiger partial charge in [-0.1, -0.05) is 91.0 Å². The average Bonchev–Trinajstić information content (AvgIpc) is 2.71. The van der Waals surface area contributed by atoms with Crippen LogP contribution in [-0.4, -0.2) is 12.3 Å². The fourth-order valence-electron chi connectivity index (χ4n) is 3.89. The number of nitrogens with zero attached hydrogens (tertiary/aromatic N) is 1. The first-order valence-corrected chi connectivity index (χ1v) is 9.04. The number of aliphatic imine (C=N–C) groups is 1. The molecule has 0 saturated carbocycles. The molecule has 1 nitrogen and oxygen atoms in total. The molecule has 0 amide bonds. The quantitative estimate of drug-likeness (QED) is 0.605. The van der Waals surface area contributed by atoms with Crippen molar-refractivity contribution in [1.29, 1.82) is 0 Å². The lowest BCUT2D eigenvalue weighted by molar-refractivity contribution is 0.475. The average molecular weight is 325 g/mol. The fourth-order valence-corrected chi connectivity index (χ4v) is 3.89. The van der Waals surface area contributed by atoms with Crippen molar-refractivity contribution in [2.24, 2.45) is 4.99 Å². The molecule has 3 aromatic rings. The molecule has 0 radical (unpaired) electrons. The Morgan fingerprint density at radius 3 is 1.68 bits per heavy atom. The van der Waals surface area contributed by atoms with Gasteiger partial charge in [0.15, 0.2) is 0 Å². The van der Waals surface area contributed by atoms with E-state index in [1.54, 1.807) is 0 Å². The van der Waals surface area contributed by atoms with Crippen LogP contribution < -0.4 is 0 Å². The summed E-state index contributed by atoms with van der Waals surface area (Å²) in [5.41, 5.74) is 5.44. The van der Waals surface area contributed by atoms with Crippen molar-refractivity contribution < 1.29 is 0 Å². The van der Waals surface area contributed by atoms with E-state index < -0.39 is 0 Å². The standard InChI is InChI=1S/C24H23N/c1-4-10-20(11-5-1)18-23-16-17-24(19-25-23,21-12-6-2-7-13-21)22-14-8-3-9-15-22/h1-15H,16-19H2. The number of hydrogen-bond acceptors (Lipinski definition) is 1. The van der Waals surface area contributed by atoms with Crippen molar-refractivity contribution in [3.63, 3.8) is 0 Å². The molecule has 0 N–H and O–H groups in total. The predicted octanol–water partition coefficient (Wildman–Crippen LogP) is 5.45. The minimum Gasteiger partial charge on any atom is -0.292 e. The van der Waals surface area contributed by atoms with Gasteiger partial charge in [-0.3, -0.25) is 4.99 Å². The van der Waals surface area contributed by atoms with Crippen LogP contribution in [0.5, 0.6) is 0 Å². The van der Waals surface area contributed by atoms with Gasteiger partial charge in [0.05, 0.1) is 6.54 Å². The minimum absolute atomic E-state index is 0.00269. The first-order chi connectivity index (χ1) is 12.4. The maximum atomic E-state index is 5.05. The Morgan fingerprint density at radius 1 is 0.680 bits per heavy atom. The lowest BCUT2D eigenvalue weighted by Gasteiger charge is -2.37. The van der Waals surface area contributed by atoms with Gasteiger partial charge in [-0.15, -0.1) is 0 Å². The summed E-state index contributed by atoms with van der Waals surface area (Å²) in [4.78, 5) is 5.05. The Kier molecular flexibility index (Phi) is 4.47. The van der Waals surface area contributed by atoms with Gasteiger partial charge in [0.1, 0.15) is 0 Å². The third-order valence-electron chi connectivity index (χ3n) is 5.32. The molecular formula is C24H23N. The monoisotopic (exact) mass is 325 g/mol. The summed E-state index contributed by atoms with van der Waals surface area (Å²) in [5, 5.41) is 0. The molecule has 0 saturated heterocycles. The Bertz CT molecular complexity index is 796. The topological polar surface area (TPSA) is 12.4 Å². The third kappa shape index (κ3) is 3.28. The predicted molar refractivity (Wildman–Crippen MR) is 105 cm³/mol. The molecular weight excluding hydrogens is 302 g/mol. The number of benzene rings is 3.